The summed E-state index contributed by atoms with van der Waals surface area (Å²) < 4.78 is 7.52. The van der Waals surface area contributed by atoms with Crippen LogP contribution < -0.4 is 10.6 Å². The molecule has 2 heterocycles. The second-order valence-corrected chi connectivity index (χ2v) is 10.7. The van der Waals surface area contributed by atoms with Crippen molar-refractivity contribution in [1.82, 2.24) is 20.1 Å². The smallest absolute Gasteiger partial charge is 0.408 e. The highest BCUT2D eigenvalue weighted by molar-refractivity contribution is 5.88. The van der Waals surface area contributed by atoms with Gasteiger partial charge in [-0.15, -0.1) is 0 Å². The van der Waals surface area contributed by atoms with Gasteiger partial charge in [0.05, 0.1) is 0 Å². The van der Waals surface area contributed by atoms with Gasteiger partial charge in [-0.1, -0.05) is 48.5 Å². The van der Waals surface area contributed by atoms with E-state index < -0.39 is 17.7 Å². The zero-order valence-corrected chi connectivity index (χ0v) is 21.8. The summed E-state index contributed by atoms with van der Waals surface area (Å²) in [5, 5.41) is 7.12. The largest absolute Gasteiger partial charge is 0.444 e. The lowest BCUT2D eigenvalue weighted by Crippen LogP contribution is -2.53. The van der Waals surface area contributed by atoms with Gasteiger partial charge in [0, 0.05) is 56.2 Å². The average Bonchev–Trinajstić information content (AvgIpc) is 3.15. The number of amides is 2. The number of ether oxygens (including phenoxy) is 1. The van der Waals surface area contributed by atoms with Crippen molar-refractivity contribution in [3.63, 3.8) is 0 Å². The first-order chi connectivity index (χ1) is 17.2. The van der Waals surface area contributed by atoms with Gasteiger partial charge in [-0.25, -0.2) is 4.79 Å². The van der Waals surface area contributed by atoms with E-state index in [4.69, 9.17) is 4.74 Å². The van der Waals surface area contributed by atoms with Gasteiger partial charge in [0.15, 0.2) is 0 Å². The van der Waals surface area contributed by atoms with E-state index in [1.165, 1.54) is 5.56 Å². The molecule has 1 aromatic heterocycles. The molecule has 1 saturated heterocycles. The molecule has 1 fully saturated rings. The minimum Gasteiger partial charge on any atom is -0.444 e. The topological polar surface area (TPSA) is 75.6 Å². The Balaban J connectivity index is 1.41. The standard InChI is InChI=1S/C29H38N4O3/c1-29(2,3)36-28(35)31-25(18-22-20-32(4)26-13-9-8-12-24(22)26)27(34)30-23-14-16-33(17-15-23)19-21-10-6-5-7-11-21/h5-13,20,23,25H,14-19H2,1-4H3,(H,30,34)(H,31,35). The van der Waals surface area contributed by atoms with E-state index in [9.17, 15) is 9.59 Å². The molecule has 1 unspecified atom stereocenters. The fourth-order valence-corrected chi connectivity index (χ4v) is 4.85. The summed E-state index contributed by atoms with van der Waals surface area (Å²) >= 11 is 0. The molecule has 1 aliphatic rings. The van der Waals surface area contributed by atoms with E-state index in [1.807, 2.05) is 52.2 Å². The zero-order chi connectivity index (χ0) is 25.7. The molecule has 1 aliphatic heterocycles. The second-order valence-electron chi connectivity index (χ2n) is 10.7. The van der Waals surface area contributed by atoms with E-state index in [-0.39, 0.29) is 11.9 Å². The van der Waals surface area contributed by atoms with Crippen LogP contribution in [0, 0.1) is 0 Å². The Morgan fingerprint density at radius 2 is 1.69 bits per heavy atom. The number of aryl methyl sites for hydroxylation is 1. The third-order valence-electron chi connectivity index (χ3n) is 6.59. The van der Waals surface area contributed by atoms with Crippen LogP contribution >= 0.6 is 0 Å². The fraction of sp³-hybridized carbons (Fsp3) is 0.448. The number of nitrogens with zero attached hydrogens (tertiary/aromatic N) is 2. The van der Waals surface area contributed by atoms with Gasteiger partial charge in [-0.3, -0.25) is 9.69 Å². The summed E-state index contributed by atoms with van der Waals surface area (Å²) in [5.41, 5.74) is 2.77. The highest BCUT2D eigenvalue weighted by atomic mass is 16.6. The average molecular weight is 491 g/mol. The van der Waals surface area contributed by atoms with Gasteiger partial charge in [0.25, 0.3) is 0 Å². The molecule has 0 aliphatic carbocycles. The van der Waals surface area contributed by atoms with E-state index in [1.54, 1.807) is 0 Å². The number of hydrogen-bond acceptors (Lipinski definition) is 4. The van der Waals surface area contributed by atoms with Crippen LogP contribution in [0.3, 0.4) is 0 Å². The Hall–Kier alpha value is -3.32. The van der Waals surface area contributed by atoms with Gasteiger partial charge in [0.2, 0.25) is 5.91 Å². The van der Waals surface area contributed by atoms with E-state index >= 15 is 0 Å². The number of carbonyl (C=O) groups excluding carboxylic acids is 2. The van der Waals surface area contributed by atoms with Gasteiger partial charge < -0.3 is 19.9 Å². The van der Waals surface area contributed by atoms with Crippen LogP contribution in [0.15, 0.2) is 60.8 Å². The van der Waals surface area contributed by atoms with Gasteiger partial charge in [-0.2, -0.15) is 0 Å². The Morgan fingerprint density at radius 3 is 2.39 bits per heavy atom. The molecular weight excluding hydrogens is 452 g/mol. The molecule has 3 aromatic rings. The Kier molecular flexibility index (Phi) is 7.99. The summed E-state index contributed by atoms with van der Waals surface area (Å²) in [6.45, 7) is 8.22. The first-order valence-electron chi connectivity index (χ1n) is 12.8. The van der Waals surface area contributed by atoms with Crippen LogP contribution in [-0.4, -0.2) is 52.2 Å². The lowest BCUT2D eigenvalue weighted by atomic mass is 10.0. The van der Waals surface area contributed by atoms with E-state index in [0.717, 1.165) is 48.9 Å². The van der Waals surface area contributed by atoms with Gasteiger partial charge in [0.1, 0.15) is 11.6 Å². The monoisotopic (exact) mass is 490 g/mol. The van der Waals surface area contributed by atoms with Crippen molar-refractivity contribution in [3.8, 4) is 0 Å². The number of aromatic nitrogens is 1. The number of nitrogens with one attached hydrogen (secondary N) is 2. The molecule has 0 radical (unpaired) electrons. The molecule has 2 amide bonds. The van der Waals surface area contributed by atoms with Crippen LogP contribution in [0.2, 0.25) is 0 Å². The number of piperidine rings is 1. The molecule has 1 atom stereocenters. The van der Waals surface area contributed by atoms with Crippen LogP contribution in [0.5, 0.6) is 0 Å². The minimum absolute atomic E-state index is 0.0833. The van der Waals surface area contributed by atoms with Crippen molar-refractivity contribution < 1.29 is 14.3 Å². The number of benzene rings is 2. The molecule has 0 spiro atoms. The maximum atomic E-state index is 13.4. The highest BCUT2D eigenvalue weighted by Gasteiger charge is 2.28. The lowest BCUT2D eigenvalue weighted by Gasteiger charge is -2.33. The Morgan fingerprint density at radius 1 is 1.03 bits per heavy atom. The lowest BCUT2D eigenvalue weighted by molar-refractivity contribution is -0.124. The molecule has 2 N–H and O–H groups in total. The first-order valence-corrected chi connectivity index (χ1v) is 12.8. The second kappa shape index (κ2) is 11.2. The summed E-state index contributed by atoms with van der Waals surface area (Å²) in [6, 6.07) is 17.9. The number of carbonyl (C=O) groups is 2. The molecular formula is C29H38N4O3. The SMILES string of the molecule is Cn1cc(CC(NC(=O)OC(C)(C)C)C(=O)NC2CCN(Cc3ccccc3)CC2)c2ccccc21. The molecule has 0 saturated carbocycles. The van der Waals surface area contributed by atoms with Crippen LogP contribution in [0.25, 0.3) is 10.9 Å². The molecule has 4 rings (SSSR count). The summed E-state index contributed by atoms with van der Waals surface area (Å²) in [6.07, 6.45) is 3.60. The van der Waals surface area contributed by atoms with E-state index in [0.29, 0.717) is 6.42 Å². The van der Waals surface area contributed by atoms with Crippen LogP contribution in [-0.2, 0) is 29.5 Å². The molecule has 0 bridgehead atoms. The molecule has 2 aromatic carbocycles. The normalized spacial score (nSPS) is 16.0. The molecule has 192 valence electrons. The number of hydrogen-bond donors (Lipinski definition) is 2. The van der Waals surface area contributed by atoms with Gasteiger partial charge in [-0.05, 0) is 50.8 Å². The number of alkyl carbamates (subject to hydrolysis) is 1. The molecule has 36 heavy (non-hydrogen) atoms. The van der Waals surface area contributed by atoms with Crippen LogP contribution in [0.4, 0.5) is 4.79 Å². The maximum Gasteiger partial charge on any atom is 0.408 e. The number of para-hydroxylation sites is 1. The van der Waals surface area contributed by atoms with Crippen molar-refractivity contribution in [2.45, 2.75) is 64.3 Å². The number of fused-ring (bicyclic) bond motifs is 1. The van der Waals surface area contributed by atoms with E-state index in [2.05, 4.69) is 56.5 Å². The van der Waals surface area contributed by atoms with Crippen molar-refractivity contribution in [2.24, 2.45) is 7.05 Å². The quantitative estimate of drug-likeness (QED) is 0.515. The predicted octanol–water partition coefficient (Wildman–Crippen LogP) is 4.39. The van der Waals surface area contributed by atoms with Crippen LogP contribution in [0.1, 0.15) is 44.7 Å². The van der Waals surface area contributed by atoms with Crippen molar-refractivity contribution in [2.75, 3.05) is 13.1 Å². The summed E-state index contributed by atoms with van der Waals surface area (Å²) in [7, 11) is 1.99. The van der Waals surface area contributed by atoms with Crippen molar-refractivity contribution >= 4 is 22.9 Å². The first kappa shape index (κ1) is 25.8. The minimum atomic E-state index is -0.729. The Bertz CT molecular complexity index is 1170. The molecule has 7 heteroatoms. The highest BCUT2D eigenvalue weighted by Crippen LogP contribution is 2.22. The van der Waals surface area contributed by atoms with Gasteiger partial charge >= 0.3 is 6.09 Å². The maximum absolute atomic E-state index is 13.4. The summed E-state index contributed by atoms with van der Waals surface area (Å²) in [5.74, 6) is -0.171. The molecule has 7 nitrogen and oxygen atoms in total. The van der Waals surface area contributed by atoms with Crippen molar-refractivity contribution in [3.05, 3.63) is 71.9 Å². The fourth-order valence-electron chi connectivity index (χ4n) is 4.85. The third-order valence-corrected chi connectivity index (χ3v) is 6.59. The summed E-state index contributed by atoms with van der Waals surface area (Å²) in [4.78, 5) is 28.5. The third kappa shape index (κ3) is 6.88. The number of likely N-dealkylation sites (tertiary alicyclic amines) is 1. The Labute approximate surface area is 213 Å². The number of rotatable bonds is 7. The van der Waals surface area contributed by atoms with Crippen molar-refractivity contribution in [1.29, 1.82) is 0 Å². The zero-order valence-electron chi connectivity index (χ0n) is 21.8. The predicted molar refractivity (Wildman–Crippen MR) is 143 cm³/mol.